The first-order valence-electron chi connectivity index (χ1n) is 6.22. The van der Waals surface area contributed by atoms with Crippen molar-refractivity contribution >= 4 is 38.7 Å². The lowest BCUT2D eigenvalue weighted by molar-refractivity contribution is 0.449. The van der Waals surface area contributed by atoms with Gasteiger partial charge in [0.15, 0.2) is 15.6 Å². The Labute approximate surface area is 138 Å². The van der Waals surface area contributed by atoms with Crippen molar-refractivity contribution in [3.8, 4) is 17.2 Å². The highest BCUT2D eigenvalue weighted by atomic mass is 35.5. The van der Waals surface area contributed by atoms with E-state index in [0.29, 0.717) is 5.69 Å². The van der Waals surface area contributed by atoms with Gasteiger partial charge in [-0.15, -0.1) is 0 Å². The molecule has 8 heteroatoms. The minimum Gasteiger partial charge on any atom is -0.507 e. The maximum absolute atomic E-state index is 11.9. The van der Waals surface area contributed by atoms with Gasteiger partial charge in [0.1, 0.15) is 16.4 Å². The Bertz CT molecular complexity index is 799. The second kappa shape index (κ2) is 6.24. The summed E-state index contributed by atoms with van der Waals surface area (Å²) < 4.78 is 29.4. The van der Waals surface area contributed by atoms with Crippen molar-refractivity contribution in [3.05, 3.63) is 40.4 Å². The van der Waals surface area contributed by atoms with E-state index < -0.39 is 9.84 Å². The monoisotopic (exact) mass is 361 g/mol. The van der Waals surface area contributed by atoms with Crippen LogP contribution in [0.5, 0.6) is 17.2 Å². The summed E-state index contributed by atoms with van der Waals surface area (Å²) in [6.07, 6.45) is 0. The Morgan fingerprint density at radius 3 is 2.32 bits per heavy atom. The largest absolute Gasteiger partial charge is 0.507 e. The van der Waals surface area contributed by atoms with Crippen LogP contribution in [0, 0.1) is 0 Å². The number of phenols is 1. The molecule has 5 nitrogen and oxygen atoms in total. The average Bonchev–Trinajstić information content (AvgIpc) is 2.44. The molecule has 0 amide bonds. The van der Waals surface area contributed by atoms with Gasteiger partial charge >= 0.3 is 0 Å². The molecule has 0 unspecified atom stereocenters. The third-order valence-corrected chi connectivity index (χ3v) is 5.21. The zero-order chi connectivity index (χ0) is 16.5. The van der Waals surface area contributed by atoms with Gasteiger partial charge in [-0.1, -0.05) is 30.1 Å². The number of nitrogens with two attached hydrogens (primary N) is 1. The van der Waals surface area contributed by atoms with Gasteiger partial charge in [-0.05, 0) is 24.3 Å². The van der Waals surface area contributed by atoms with Crippen LogP contribution < -0.4 is 10.5 Å². The van der Waals surface area contributed by atoms with Crippen LogP contribution in [0.3, 0.4) is 0 Å². The number of benzene rings is 2. The van der Waals surface area contributed by atoms with E-state index >= 15 is 0 Å². The van der Waals surface area contributed by atoms with Gasteiger partial charge in [0.2, 0.25) is 0 Å². The number of hydrogen-bond donors (Lipinski definition) is 2. The molecule has 0 aliphatic rings. The fourth-order valence-electron chi connectivity index (χ4n) is 1.76. The number of sulfone groups is 1. The molecule has 0 heterocycles. The number of phenolic OH excluding ortho intramolecular Hbond substituents is 1. The van der Waals surface area contributed by atoms with Gasteiger partial charge in [0.25, 0.3) is 0 Å². The van der Waals surface area contributed by atoms with Gasteiger partial charge in [-0.2, -0.15) is 0 Å². The van der Waals surface area contributed by atoms with Crippen molar-refractivity contribution in [3.63, 3.8) is 0 Å². The molecule has 2 aromatic rings. The number of nitrogen functional groups attached to an aromatic ring is 1. The van der Waals surface area contributed by atoms with Crippen molar-refractivity contribution in [2.24, 2.45) is 0 Å². The highest BCUT2D eigenvalue weighted by Crippen LogP contribution is 2.39. The van der Waals surface area contributed by atoms with Crippen LogP contribution in [0.25, 0.3) is 0 Å². The normalized spacial score (nSPS) is 11.4. The number of hydrogen-bond acceptors (Lipinski definition) is 5. The van der Waals surface area contributed by atoms with Crippen molar-refractivity contribution in [1.82, 2.24) is 0 Å². The summed E-state index contributed by atoms with van der Waals surface area (Å²) >= 11 is 12.0. The highest BCUT2D eigenvalue weighted by molar-refractivity contribution is 7.91. The molecule has 0 radical (unpaired) electrons. The molecule has 0 aromatic heterocycles. The van der Waals surface area contributed by atoms with Crippen LogP contribution in [0.2, 0.25) is 10.0 Å². The van der Waals surface area contributed by atoms with Crippen LogP contribution in [-0.2, 0) is 9.84 Å². The Morgan fingerprint density at radius 1 is 1.18 bits per heavy atom. The molecule has 0 aliphatic heterocycles. The van der Waals surface area contributed by atoms with Gasteiger partial charge < -0.3 is 15.6 Å². The average molecular weight is 362 g/mol. The quantitative estimate of drug-likeness (QED) is 0.806. The fraction of sp³-hybridized carbons (Fsp3) is 0.143. The first kappa shape index (κ1) is 16.7. The third-order valence-electron chi connectivity index (χ3n) is 2.89. The zero-order valence-corrected chi connectivity index (χ0v) is 13.8. The van der Waals surface area contributed by atoms with Crippen LogP contribution in [0.1, 0.15) is 6.92 Å². The second-order valence-corrected chi connectivity index (χ2v) is 7.51. The first-order chi connectivity index (χ1) is 10.2. The standard InChI is InChI=1S/C14H13Cl2NO4S/c1-2-22(19,20)13-7-9(3-4-12(13)18)21-14-10(15)5-8(17)6-11(14)16/h3-7,18H,2,17H2,1H3. The summed E-state index contributed by atoms with van der Waals surface area (Å²) in [7, 11) is -3.59. The van der Waals surface area contributed by atoms with E-state index in [1.54, 1.807) is 0 Å². The lowest BCUT2D eigenvalue weighted by atomic mass is 10.3. The zero-order valence-electron chi connectivity index (χ0n) is 11.5. The minimum absolute atomic E-state index is 0.145. The number of anilines is 1. The molecule has 0 aliphatic carbocycles. The van der Waals surface area contributed by atoms with Crippen LogP contribution in [-0.4, -0.2) is 19.3 Å². The fourth-order valence-corrected chi connectivity index (χ4v) is 3.33. The summed E-state index contributed by atoms with van der Waals surface area (Å²) in [5, 5.41) is 10.1. The maximum Gasteiger partial charge on any atom is 0.181 e. The maximum atomic E-state index is 11.9. The van der Waals surface area contributed by atoms with E-state index in [9.17, 15) is 13.5 Å². The Kier molecular flexibility index (Phi) is 4.75. The summed E-state index contributed by atoms with van der Waals surface area (Å²) in [4.78, 5) is -0.213. The smallest absolute Gasteiger partial charge is 0.181 e. The minimum atomic E-state index is -3.59. The molecular formula is C14H13Cl2NO4S. The lowest BCUT2D eigenvalue weighted by Gasteiger charge is -2.12. The van der Waals surface area contributed by atoms with Crippen LogP contribution >= 0.6 is 23.2 Å². The SMILES string of the molecule is CCS(=O)(=O)c1cc(Oc2c(Cl)cc(N)cc2Cl)ccc1O. The van der Waals surface area contributed by atoms with E-state index in [-0.39, 0.29) is 37.9 Å². The second-order valence-electron chi connectivity index (χ2n) is 4.45. The molecule has 0 atom stereocenters. The Balaban J connectivity index is 2.46. The number of halogens is 2. The summed E-state index contributed by atoms with van der Waals surface area (Å²) in [5.74, 6) is -0.155. The first-order valence-corrected chi connectivity index (χ1v) is 8.63. The number of ether oxygens (including phenoxy) is 1. The van der Waals surface area contributed by atoms with Gasteiger partial charge in [0, 0.05) is 11.8 Å². The Morgan fingerprint density at radius 2 is 1.77 bits per heavy atom. The van der Waals surface area contributed by atoms with E-state index in [1.807, 2.05) is 0 Å². The summed E-state index contributed by atoms with van der Waals surface area (Å²) in [6, 6.07) is 6.79. The molecule has 2 aromatic carbocycles. The molecule has 0 bridgehead atoms. The molecular weight excluding hydrogens is 349 g/mol. The van der Waals surface area contributed by atoms with Crippen molar-refractivity contribution < 1.29 is 18.3 Å². The highest BCUT2D eigenvalue weighted by Gasteiger charge is 2.18. The molecule has 22 heavy (non-hydrogen) atoms. The predicted octanol–water partition coefficient (Wildman–Crippen LogP) is 3.87. The number of rotatable bonds is 4. The van der Waals surface area contributed by atoms with Gasteiger partial charge in [-0.25, -0.2) is 8.42 Å². The number of aromatic hydroxyl groups is 1. The Hall–Kier alpha value is -1.63. The van der Waals surface area contributed by atoms with Gasteiger partial charge in [0.05, 0.1) is 15.8 Å². The van der Waals surface area contributed by atoms with E-state index in [4.69, 9.17) is 33.7 Å². The predicted molar refractivity (Wildman–Crippen MR) is 86.8 cm³/mol. The molecule has 3 N–H and O–H groups in total. The van der Waals surface area contributed by atoms with E-state index in [0.717, 1.165) is 0 Å². The summed E-state index contributed by atoms with van der Waals surface area (Å²) in [5.41, 5.74) is 5.98. The molecule has 0 saturated heterocycles. The van der Waals surface area contributed by atoms with Crippen molar-refractivity contribution in [2.45, 2.75) is 11.8 Å². The molecule has 0 fully saturated rings. The molecule has 2 rings (SSSR count). The van der Waals surface area contributed by atoms with Crippen molar-refractivity contribution in [1.29, 1.82) is 0 Å². The molecule has 0 saturated carbocycles. The van der Waals surface area contributed by atoms with E-state index in [1.165, 1.54) is 37.3 Å². The molecule has 0 spiro atoms. The summed E-state index contributed by atoms with van der Waals surface area (Å²) in [6.45, 7) is 1.48. The van der Waals surface area contributed by atoms with Gasteiger partial charge in [-0.3, -0.25) is 0 Å². The lowest BCUT2D eigenvalue weighted by Crippen LogP contribution is -2.04. The van der Waals surface area contributed by atoms with Crippen LogP contribution in [0.4, 0.5) is 5.69 Å². The third kappa shape index (κ3) is 3.40. The molecule has 118 valence electrons. The van der Waals surface area contributed by atoms with Crippen molar-refractivity contribution in [2.75, 3.05) is 11.5 Å². The topological polar surface area (TPSA) is 89.6 Å². The van der Waals surface area contributed by atoms with Crippen LogP contribution in [0.15, 0.2) is 35.2 Å². The van der Waals surface area contributed by atoms with E-state index in [2.05, 4.69) is 0 Å².